The number of para-hydroxylation sites is 2. The van der Waals surface area contributed by atoms with Crippen molar-refractivity contribution in [3.63, 3.8) is 0 Å². The van der Waals surface area contributed by atoms with Gasteiger partial charge in [0, 0.05) is 55.4 Å². The van der Waals surface area contributed by atoms with E-state index in [0.29, 0.717) is 0 Å². The van der Waals surface area contributed by atoms with Crippen LogP contribution in [0.5, 0.6) is 0 Å². The fourth-order valence-corrected chi connectivity index (χ4v) is 12.2. The standard InChI is InChI=1S/C72H76N2O2/c1-41-25-29-51(69(7,8)9)39-57(41)73(65-43(3)21-19-22-44(65)4)53-31-27-47-35-55-59(37-49(47)33-53)75-67-61(55)63(71(13,14)15)68-62(64(67)72(16,17)18)56-36-48-28-32-54(34-50(48)38-60(56)76-68)74(66-45(5)23-20-24-46(66)6)58-40-52(70(10,11)12)30-26-42(58)2/h19-40H,1-18H3. The summed E-state index contributed by atoms with van der Waals surface area (Å²) in [7, 11) is 0. The molecule has 0 aliphatic rings. The highest BCUT2D eigenvalue weighted by atomic mass is 16.3. The van der Waals surface area contributed by atoms with Gasteiger partial charge in [0.15, 0.2) is 0 Å². The third kappa shape index (κ3) is 8.44. The molecule has 0 radical (unpaired) electrons. The smallest absolute Gasteiger partial charge is 0.140 e. The Morgan fingerprint density at radius 3 is 1.01 bits per heavy atom. The molecule has 0 spiro atoms. The van der Waals surface area contributed by atoms with Gasteiger partial charge in [0.1, 0.15) is 22.3 Å². The molecule has 0 fully saturated rings. The summed E-state index contributed by atoms with van der Waals surface area (Å²) < 4.78 is 14.7. The van der Waals surface area contributed by atoms with Crippen molar-refractivity contribution in [1.82, 2.24) is 0 Å². The first-order chi connectivity index (χ1) is 35.7. The Bertz CT molecular complexity index is 3860. The van der Waals surface area contributed by atoms with Crippen molar-refractivity contribution < 1.29 is 8.83 Å². The summed E-state index contributed by atoms with van der Waals surface area (Å²) in [5, 5.41) is 9.10. The molecular weight excluding hydrogens is 925 g/mol. The summed E-state index contributed by atoms with van der Waals surface area (Å²) in [5.41, 5.74) is 22.5. The number of furan rings is 2. The molecule has 2 aromatic heterocycles. The lowest BCUT2D eigenvalue weighted by Crippen LogP contribution is -2.17. The normalized spacial score (nSPS) is 12.9. The van der Waals surface area contributed by atoms with E-state index in [0.717, 1.165) is 66.0 Å². The van der Waals surface area contributed by atoms with Gasteiger partial charge in [0.25, 0.3) is 0 Å². The summed E-state index contributed by atoms with van der Waals surface area (Å²) in [6.45, 7) is 41.0. The number of aryl methyl sites for hydroxylation is 6. The number of anilines is 6. The quantitative estimate of drug-likeness (QED) is 0.166. The van der Waals surface area contributed by atoms with E-state index in [9.17, 15) is 0 Å². The van der Waals surface area contributed by atoms with Crippen molar-refractivity contribution in [2.24, 2.45) is 0 Å². The number of hydrogen-bond donors (Lipinski definition) is 0. The van der Waals surface area contributed by atoms with E-state index in [-0.39, 0.29) is 21.7 Å². The van der Waals surface area contributed by atoms with Crippen LogP contribution in [-0.4, -0.2) is 0 Å². The van der Waals surface area contributed by atoms with Gasteiger partial charge in [-0.1, -0.05) is 156 Å². The maximum Gasteiger partial charge on any atom is 0.140 e. The average molecular weight is 1000 g/mol. The Morgan fingerprint density at radius 2 is 0.684 bits per heavy atom. The molecule has 2 heterocycles. The zero-order chi connectivity index (χ0) is 54.3. The number of fused-ring (bicyclic) bond motifs is 8. The highest BCUT2D eigenvalue weighted by molar-refractivity contribution is 6.23. The zero-order valence-corrected chi connectivity index (χ0v) is 48.4. The molecule has 0 aliphatic heterocycles. The van der Waals surface area contributed by atoms with E-state index in [1.807, 2.05) is 0 Å². The number of rotatable bonds is 6. The molecule has 4 heteroatoms. The Morgan fingerprint density at radius 1 is 0.329 bits per heavy atom. The zero-order valence-electron chi connectivity index (χ0n) is 48.4. The minimum Gasteiger partial charge on any atom is -0.456 e. The van der Waals surface area contributed by atoms with Crippen LogP contribution in [0.3, 0.4) is 0 Å². The number of hydrogen-bond acceptors (Lipinski definition) is 4. The van der Waals surface area contributed by atoms with Crippen molar-refractivity contribution in [3.8, 4) is 0 Å². The van der Waals surface area contributed by atoms with Crippen LogP contribution in [0, 0.1) is 41.5 Å². The summed E-state index contributed by atoms with van der Waals surface area (Å²) in [6.07, 6.45) is 0. The summed E-state index contributed by atoms with van der Waals surface area (Å²) >= 11 is 0. The van der Waals surface area contributed by atoms with Crippen molar-refractivity contribution in [2.75, 3.05) is 9.80 Å². The molecule has 0 saturated heterocycles. The number of benzene rings is 9. The van der Waals surface area contributed by atoms with Crippen LogP contribution in [0.15, 0.2) is 142 Å². The lowest BCUT2D eigenvalue weighted by Gasteiger charge is -2.32. The molecule has 0 saturated carbocycles. The van der Waals surface area contributed by atoms with Gasteiger partial charge in [-0.15, -0.1) is 0 Å². The van der Waals surface area contributed by atoms with Crippen LogP contribution in [-0.2, 0) is 21.7 Å². The summed E-state index contributed by atoms with van der Waals surface area (Å²) in [4.78, 5) is 4.95. The second kappa shape index (κ2) is 17.6. The van der Waals surface area contributed by atoms with Gasteiger partial charge < -0.3 is 18.6 Å². The van der Waals surface area contributed by atoms with E-state index >= 15 is 0 Å². The van der Waals surface area contributed by atoms with Crippen molar-refractivity contribution >= 4 is 99.5 Å². The highest BCUT2D eigenvalue weighted by Crippen LogP contribution is 2.52. The SMILES string of the molecule is Cc1ccc(C(C)(C)C)cc1N(c1ccc2cc3c(cc2c1)oc1c(C(C)(C)C)c2c(oc4cc5cc(N(c6cc(C(C)(C)C)ccc6C)c6c(C)cccc6C)ccc5cc42)c(C(C)(C)C)c13)c1c(C)cccc1C. The third-order valence-corrected chi connectivity index (χ3v) is 16.2. The maximum atomic E-state index is 7.37. The molecule has 0 bridgehead atoms. The second-order valence-corrected chi connectivity index (χ2v) is 26.3. The largest absolute Gasteiger partial charge is 0.456 e. The molecule has 76 heavy (non-hydrogen) atoms. The van der Waals surface area contributed by atoms with Gasteiger partial charge in [-0.2, -0.15) is 0 Å². The molecule has 11 rings (SSSR count). The van der Waals surface area contributed by atoms with Gasteiger partial charge in [0.2, 0.25) is 0 Å². The molecule has 4 nitrogen and oxygen atoms in total. The van der Waals surface area contributed by atoms with Gasteiger partial charge in [0.05, 0.1) is 11.4 Å². The Hall–Kier alpha value is -7.30. The minimum absolute atomic E-state index is 0.00267. The lowest BCUT2D eigenvalue weighted by molar-refractivity contribution is 0.564. The minimum atomic E-state index is -0.292. The van der Waals surface area contributed by atoms with Crippen molar-refractivity contribution in [3.05, 3.63) is 189 Å². The Labute approximate surface area is 451 Å². The second-order valence-electron chi connectivity index (χ2n) is 26.3. The fourth-order valence-electron chi connectivity index (χ4n) is 12.2. The van der Waals surface area contributed by atoms with Crippen LogP contribution < -0.4 is 9.80 Å². The Balaban J connectivity index is 1.13. The van der Waals surface area contributed by atoms with Crippen LogP contribution in [0.4, 0.5) is 34.1 Å². The van der Waals surface area contributed by atoms with Gasteiger partial charge in [-0.05, 0) is 190 Å². The van der Waals surface area contributed by atoms with Crippen LogP contribution in [0.1, 0.15) is 139 Å². The monoisotopic (exact) mass is 1000 g/mol. The van der Waals surface area contributed by atoms with Crippen LogP contribution >= 0.6 is 0 Å². The van der Waals surface area contributed by atoms with Gasteiger partial charge in [-0.25, -0.2) is 0 Å². The summed E-state index contributed by atoms with van der Waals surface area (Å²) in [5.74, 6) is 0. The third-order valence-electron chi connectivity index (χ3n) is 16.2. The van der Waals surface area contributed by atoms with E-state index in [1.54, 1.807) is 0 Å². The molecule has 0 atom stereocenters. The molecule has 386 valence electrons. The first kappa shape index (κ1) is 50.8. The fraction of sp³-hybridized carbons (Fsp3) is 0.306. The van der Waals surface area contributed by atoms with E-state index < -0.39 is 0 Å². The van der Waals surface area contributed by atoms with E-state index in [4.69, 9.17) is 8.83 Å². The summed E-state index contributed by atoms with van der Waals surface area (Å²) in [6, 6.07) is 50.4. The molecule has 0 aliphatic carbocycles. The van der Waals surface area contributed by atoms with Gasteiger partial charge in [-0.3, -0.25) is 0 Å². The predicted molar refractivity (Wildman–Crippen MR) is 329 cm³/mol. The first-order valence-corrected chi connectivity index (χ1v) is 27.4. The lowest BCUT2D eigenvalue weighted by atomic mass is 9.77. The molecule has 0 amide bonds. The molecule has 0 N–H and O–H groups in total. The van der Waals surface area contributed by atoms with Crippen LogP contribution in [0.2, 0.25) is 0 Å². The van der Waals surface area contributed by atoms with E-state index in [1.165, 1.54) is 89.2 Å². The van der Waals surface area contributed by atoms with Crippen molar-refractivity contribution in [1.29, 1.82) is 0 Å². The molecular formula is C72H76N2O2. The predicted octanol–water partition coefficient (Wildman–Crippen LogP) is 21.8. The average Bonchev–Trinajstić information content (AvgIpc) is 4.09. The molecule has 11 aromatic rings. The number of nitrogens with zero attached hydrogens (tertiary/aromatic N) is 2. The van der Waals surface area contributed by atoms with E-state index in [2.05, 4.69) is 268 Å². The topological polar surface area (TPSA) is 32.8 Å². The maximum absolute atomic E-state index is 7.37. The molecule has 0 unspecified atom stereocenters. The highest BCUT2D eigenvalue weighted by Gasteiger charge is 2.35. The van der Waals surface area contributed by atoms with Crippen molar-refractivity contribution in [2.45, 2.75) is 146 Å². The van der Waals surface area contributed by atoms with Crippen LogP contribution in [0.25, 0.3) is 65.4 Å². The Kier molecular flexibility index (Phi) is 11.8. The first-order valence-electron chi connectivity index (χ1n) is 27.4. The van der Waals surface area contributed by atoms with Gasteiger partial charge >= 0.3 is 0 Å². The molecule has 9 aromatic carbocycles.